The molecule has 1 heterocycles. The van der Waals surface area contributed by atoms with Crippen molar-refractivity contribution in [3.63, 3.8) is 0 Å². The van der Waals surface area contributed by atoms with E-state index in [9.17, 15) is 4.79 Å². The maximum absolute atomic E-state index is 12.6. The van der Waals surface area contributed by atoms with Crippen LogP contribution in [0.2, 0.25) is 5.02 Å². The van der Waals surface area contributed by atoms with E-state index in [1.165, 1.54) is 10.4 Å². The second kappa shape index (κ2) is 8.02. The summed E-state index contributed by atoms with van der Waals surface area (Å²) in [5, 5.41) is 0.608. The summed E-state index contributed by atoms with van der Waals surface area (Å²) in [5.74, 6) is -0.247. The normalized spacial score (nSPS) is 11.8. The van der Waals surface area contributed by atoms with E-state index in [-0.39, 0.29) is 5.91 Å². The van der Waals surface area contributed by atoms with Crippen LogP contribution in [0.25, 0.3) is 11.3 Å². The number of rotatable bonds is 4. The summed E-state index contributed by atoms with van der Waals surface area (Å²) >= 11 is 7.49. The van der Waals surface area contributed by atoms with E-state index >= 15 is 0 Å². The van der Waals surface area contributed by atoms with E-state index in [1.54, 1.807) is 35.6 Å². The summed E-state index contributed by atoms with van der Waals surface area (Å²) in [6.45, 7) is 7.05. The molecule has 0 bridgehead atoms. The van der Waals surface area contributed by atoms with E-state index in [2.05, 4.69) is 54.6 Å². The number of nitrogens with zero attached hydrogens (tertiary/aromatic N) is 2. The molecule has 3 nitrogen and oxygen atoms in total. The van der Waals surface area contributed by atoms with Gasteiger partial charge in [0, 0.05) is 22.0 Å². The Morgan fingerprint density at radius 3 is 2.31 bits per heavy atom. The van der Waals surface area contributed by atoms with Crippen molar-refractivity contribution in [2.24, 2.45) is 4.99 Å². The van der Waals surface area contributed by atoms with Crippen LogP contribution in [0.15, 0.2) is 53.5 Å². The predicted octanol–water partition coefficient (Wildman–Crippen LogP) is 5.50. The molecule has 1 amide bonds. The molecule has 0 N–H and O–H groups in total. The van der Waals surface area contributed by atoms with Crippen LogP contribution in [0.5, 0.6) is 0 Å². The van der Waals surface area contributed by atoms with E-state index in [4.69, 9.17) is 11.6 Å². The average molecular weight is 385 g/mol. The monoisotopic (exact) mass is 384 g/mol. The molecule has 2 aromatic carbocycles. The Balaban J connectivity index is 2.12. The van der Waals surface area contributed by atoms with Crippen LogP contribution in [-0.2, 0) is 13.0 Å². The number of hydrogen-bond acceptors (Lipinski definition) is 2. The smallest absolute Gasteiger partial charge is 0.279 e. The molecule has 0 saturated heterocycles. The minimum absolute atomic E-state index is 0.247. The first-order valence-electron chi connectivity index (χ1n) is 8.67. The molecule has 0 aliphatic heterocycles. The molecule has 3 aromatic rings. The lowest BCUT2D eigenvalue weighted by atomic mass is 10.1. The van der Waals surface area contributed by atoms with Crippen LogP contribution in [0, 0.1) is 6.92 Å². The molecule has 0 spiro atoms. The van der Waals surface area contributed by atoms with E-state index < -0.39 is 0 Å². The number of carbonyl (C=O) groups is 1. The third-order valence-electron chi connectivity index (χ3n) is 4.23. The zero-order chi connectivity index (χ0) is 18.7. The predicted molar refractivity (Wildman–Crippen MR) is 109 cm³/mol. The number of carbonyl (C=O) groups excluding carboxylic acids is 1. The van der Waals surface area contributed by atoms with E-state index in [0.29, 0.717) is 10.6 Å². The molecule has 134 valence electrons. The van der Waals surface area contributed by atoms with Crippen molar-refractivity contribution in [1.29, 1.82) is 0 Å². The second-order valence-corrected chi connectivity index (χ2v) is 7.54. The maximum atomic E-state index is 12.6. The fourth-order valence-corrected chi connectivity index (χ4v) is 4.12. The molecular formula is C21H21ClN2OS. The van der Waals surface area contributed by atoms with E-state index in [1.807, 2.05) is 0 Å². The highest BCUT2D eigenvalue weighted by atomic mass is 35.5. The number of hydrogen-bond donors (Lipinski definition) is 0. The Bertz CT molecular complexity index is 982. The summed E-state index contributed by atoms with van der Waals surface area (Å²) in [4.78, 5) is 18.9. The highest BCUT2D eigenvalue weighted by Crippen LogP contribution is 2.27. The van der Waals surface area contributed by atoms with Gasteiger partial charge in [0.1, 0.15) is 0 Å². The summed E-state index contributed by atoms with van der Waals surface area (Å²) < 4.78 is 2.13. The quantitative estimate of drug-likeness (QED) is 0.584. The first-order chi connectivity index (χ1) is 12.5. The van der Waals surface area contributed by atoms with Crippen molar-refractivity contribution in [2.45, 2.75) is 33.7 Å². The lowest BCUT2D eigenvalue weighted by Crippen LogP contribution is -2.17. The largest absolute Gasteiger partial charge is 0.316 e. The highest BCUT2D eigenvalue weighted by molar-refractivity contribution is 7.09. The highest BCUT2D eigenvalue weighted by Gasteiger charge is 2.14. The third-order valence-corrected chi connectivity index (χ3v) is 5.70. The molecule has 0 atom stereocenters. The van der Waals surface area contributed by atoms with Crippen LogP contribution in [0.3, 0.4) is 0 Å². The number of amides is 1. The van der Waals surface area contributed by atoms with Crippen LogP contribution < -0.4 is 4.80 Å². The molecule has 26 heavy (non-hydrogen) atoms. The van der Waals surface area contributed by atoms with Crippen LogP contribution >= 0.6 is 22.9 Å². The minimum Gasteiger partial charge on any atom is -0.316 e. The molecule has 3 rings (SSSR count). The fourth-order valence-electron chi connectivity index (χ4n) is 2.85. The van der Waals surface area contributed by atoms with Crippen molar-refractivity contribution in [3.05, 3.63) is 74.4 Å². The number of aryl methyl sites for hydroxylation is 2. The third kappa shape index (κ3) is 3.81. The van der Waals surface area contributed by atoms with Crippen LogP contribution in [-0.4, -0.2) is 10.5 Å². The number of aromatic nitrogens is 1. The Labute approximate surface area is 162 Å². The van der Waals surface area contributed by atoms with Crippen molar-refractivity contribution >= 4 is 28.8 Å². The molecule has 0 unspecified atom stereocenters. The van der Waals surface area contributed by atoms with Gasteiger partial charge in [0.05, 0.1) is 5.69 Å². The number of thiazole rings is 1. The standard InChI is InChI=1S/C21H21ClN2OS/c1-4-18-19(15-8-6-14(3)7-9-15)24(5-2)21(26-18)23-20(25)16-10-12-17(22)13-11-16/h6-13H,4-5H2,1-3H3. The first kappa shape index (κ1) is 18.6. The van der Waals surface area contributed by atoms with Gasteiger partial charge in [0.2, 0.25) is 0 Å². The molecule has 0 saturated carbocycles. The molecular weight excluding hydrogens is 364 g/mol. The Morgan fingerprint density at radius 1 is 1.08 bits per heavy atom. The number of halogens is 1. The maximum Gasteiger partial charge on any atom is 0.279 e. The van der Waals surface area contributed by atoms with Crippen molar-refractivity contribution in [1.82, 2.24) is 4.57 Å². The summed E-state index contributed by atoms with van der Waals surface area (Å²) in [7, 11) is 0. The van der Waals surface area contributed by atoms with Gasteiger partial charge < -0.3 is 4.57 Å². The topological polar surface area (TPSA) is 34.4 Å². The van der Waals surface area contributed by atoms with Crippen molar-refractivity contribution in [2.75, 3.05) is 0 Å². The minimum atomic E-state index is -0.247. The zero-order valence-corrected chi connectivity index (χ0v) is 16.7. The Morgan fingerprint density at radius 2 is 1.73 bits per heavy atom. The molecule has 0 fully saturated rings. The Kier molecular flexibility index (Phi) is 5.74. The van der Waals surface area contributed by atoms with Gasteiger partial charge in [-0.1, -0.05) is 48.4 Å². The number of benzene rings is 2. The van der Waals surface area contributed by atoms with Crippen LogP contribution in [0.4, 0.5) is 0 Å². The second-order valence-electron chi connectivity index (χ2n) is 6.04. The van der Waals surface area contributed by atoms with Gasteiger partial charge in [0.15, 0.2) is 4.80 Å². The summed E-state index contributed by atoms with van der Waals surface area (Å²) in [6.07, 6.45) is 0.901. The average Bonchev–Trinajstić information content (AvgIpc) is 3.00. The van der Waals surface area contributed by atoms with Gasteiger partial charge in [-0.15, -0.1) is 11.3 Å². The van der Waals surface area contributed by atoms with E-state index in [0.717, 1.165) is 29.0 Å². The lowest BCUT2D eigenvalue weighted by Gasteiger charge is -2.09. The SMILES string of the molecule is CCc1sc(=NC(=O)c2ccc(Cl)cc2)n(CC)c1-c1ccc(C)cc1. The fraction of sp³-hybridized carbons (Fsp3) is 0.238. The zero-order valence-electron chi connectivity index (χ0n) is 15.1. The summed E-state index contributed by atoms with van der Waals surface area (Å²) in [5.41, 5.74) is 4.09. The van der Waals surface area contributed by atoms with Gasteiger partial charge in [-0.3, -0.25) is 4.79 Å². The van der Waals surface area contributed by atoms with Crippen LogP contribution in [0.1, 0.15) is 34.6 Å². The van der Waals surface area contributed by atoms with Gasteiger partial charge in [-0.25, -0.2) is 0 Å². The molecule has 5 heteroatoms. The van der Waals surface area contributed by atoms with Crippen molar-refractivity contribution < 1.29 is 4.79 Å². The first-order valence-corrected chi connectivity index (χ1v) is 9.87. The van der Waals surface area contributed by atoms with Gasteiger partial charge in [-0.05, 0) is 50.1 Å². The van der Waals surface area contributed by atoms with Gasteiger partial charge >= 0.3 is 0 Å². The Hall–Kier alpha value is -2.17. The molecule has 0 aliphatic carbocycles. The molecule has 0 radical (unpaired) electrons. The van der Waals surface area contributed by atoms with Gasteiger partial charge in [0.25, 0.3) is 5.91 Å². The molecule has 0 aliphatic rings. The van der Waals surface area contributed by atoms with Crippen molar-refractivity contribution in [3.8, 4) is 11.3 Å². The summed E-state index contributed by atoms with van der Waals surface area (Å²) in [6, 6.07) is 15.3. The van der Waals surface area contributed by atoms with Gasteiger partial charge in [-0.2, -0.15) is 4.99 Å². The lowest BCUT2D eigenvalue weighted by molar-refractivity contribution is 0.0998. The molecule has 1 aromatic heterocycles.